The SMILES string of the molecule is NC1CCCC2CN(C(=O)C(F)(F)F)CC12. The number of alkyl halides is 3. The average molecular weight is 236 g/mol. The highest BCUT2D eigenvalue weighted by molar-refractivity contribution is 5.82. The van der Waals surface area contributed by atoms with Crippen LogP contribution in [0.3, 0.4) is 0 Å². The molecule has 1 saturated heterocycles. The number of rotatable bonds is 0. The van der Waals surface area contributed by atoms with E-state index in [0.717, 1.165) is 24.2 Å². The molecule has 3 unspecified atom stereocenters. The van der Waals surface area contributed by atoms with Gasteiger partial charge in [-0.05, 0) is 24.7 Å². The molecule has 6 heteroatoms. The molecule has 1 aliphatic carbocycles. The number of nitrogens with zero attached hydrogens (tertiary/aromatic N) is 1. The Bertz CT molecular complexity index is 292. The number of carbonyl (C=O) groups excluding carboxylic acids is 1. The predicted octanol–water partition coefficient (Wildman–Crippen LogP) is 1.13. The van der Waals surface area contributed by atoms with Crippen LogP contribution in [0.15, 0.2) is 0 Å². The van der Waals surface area contributed by atoms with E-state index in [1.165, 1.54) is 0 Å². The summed E-state index contributed by atoms with van der Waals surface area (Å²) in [6, 6.07) is -0.0511. The van der Waals surface area contributed by atoms with Crippen LogP contribution in [-0.4, -0.2) is 36.1 Å². The highest BCUT2D eigenvalue weighted by Gasteiger charge is 2.48. The van der Waals surface area contributed by atoms with Gasteiger partial charge in [-0.2, -0.15) is 13.2 Å². The maximum absolute atomic E-state index is 12.3. The zero-order valence-corrected chi connectivity index (χ0v) is 8.83. The molecule has 0 aromatic heterocycles. The Labute approximate surface area is 91.8 Å². The summed E-state index contributed by atoms with van der Waals surface area (Å²) in [5, 5.41) is 0. The highest BCUT2D eigenvalue weighted by Crippen LogP contribution is 2.36. The normalized spacial score (nSPS) is 35.0. The van der Waals surface area contributed by atoms with Gasteiger partial charge >= 0.3 is 12.1 Å². The lowest BCUT2D eigenvalue weighted by atomic mass is 9.78. The third-order valence-corrected chi connectivity index (χ3v) is 3.68. The molecule has 1 amide bonds. The fourth-order valence-corrected chi connectivity index (χ4v) is 2.86. The lowest BCUT2D eigenvalue weighted by Gasteiger charge is -2.29. The van der Waals surface area contributed by atoms with Crippen molar-refractivity contribution in [1.29, 1.82) is 0 Å². The molecule has 16 heavy (non-hydrogen) atoms. The first-order valence-corrected chi connectivity index (χ1v) is 5.51. The summed E-state index contributed by atoms with van der Waals surface area (Å²) >= 11 is 0. The first-order valence-electron chi connectivity index (χ1n) is 5.51. The van der Waals surface area contributed by atoms with Gasteiger partial charge in [0.1, 0.15) is 0 Å². The molecule has 0 spiro atoms. The van der Waals surface area contributed by atoms with E-state index in [2.05, 4.69) is 0 Å². The quantitative estimate of drug-likeness (QED) is 0.685. The van der Waals surface area contributed by atoms with Gasteiger partial charge in [0.25, 0.3) is 0 Å². The van der Waals surface area contributed by atoms with Crippen molar-refractivity contribution in [2.75, 3.05) is 13.1 Å². The van der Waals surface area contributed by atoms with E-state index in [-0.39, 0.29) is 31.0 Å². The van der Waals surface area contributed by atoms with E-state index in [4.69, 9.17) is 5.73 Å². The van der Waals surface area contributed by atoms with Gasteiger partial charge in [-0.1, -0.05) is 6.42 Å². The summed E-state index contributed by atoms with van der Waals surface area (Å²) in [7, 11) is 0. The Morgan fingerprint density at radius 2 is 1.94 bits per heavy atom. The smallest absolute Gasteiger partial charge is 0.334 e. The summed E-state index contributed by atoms with van der Waals surface area (Å²) in [5.74, 6) is -1.50. The second kappa shape index (κ2) is 3.91. The van der Waals surface area contributed by atoms with Crippen LogP contribution in [0.25, 0.3) is 0 Å². The van der Waals surface area contributed by atoms with Crippen molar-refractivity contribution in [2.24, 2.45) is 17.6 Å². The van der Waals surface area contributed by atoms with Crippen LogP contribution < -0.4 is 5.73 Å². The van der Waals surface area contributed by atoms with Crippen molar-refractivity contribution in [1.82, 2.24) is 4.90 Å². The van der Waals surface area contributed by atoms with Gasteiger partial charge in [0, 0.05) is 19.1 Å². The molecule has 92 valence electrons. The van der Waals surface area contributed by atoms with Crippen LogP contribution >= 0.6 is 0 Å². The first-order chi connectivity index (χ1) is 7.39. The minimum absolute atomic E-state index is 0.0511. The monoisotopic (exact) mass is 236 g/mol. The fourth-order valence-electron chi connectivity index (χ4n) is 2.86. The highest BCUT2D eigenvalue weighted by atomic mass is 19.4. The van der Waals surface area contributed by atoms with Gasteiger partial charge in [0.05, 0.1) is 0 Å². The van der Waals surface area contributed by atoms with Crippen LogP contribution in [0.1, 0.15) is 19.3 Å². The van der Waals surface area contributed by atoms with Crippen LogP contribution in [-0.2, 0) is 4.79 Å². The van der Waals surface area contributed by atoms with Crippen LogP contribution in [0.5, 0.6) is 0 Å². The third-order valence-electron chi connectivity index (χ3n) is 3.68. The van der Waals surface area contributed by atoms with Gasteiger partial charge in [-0.25, -0.2) is 0 Å². The topological polar surface area (TPSA) is 46.3 Å². The maximum Gasteiger partial charge on any atom is 0.471 e. The summed E-state index contributed by atoms with van der Waals surface area (Å²) in [5.41, 5.74) is 5.87. The minimum atomic E-state index is -4.75. The summed E-state index contributed by atoms with van der Waals surface area (Å²) in [4.78, 5) is 12.0. The zero-order valence-electron chi connectivity index (χ0n) is 8.83. The third kappa shape index (κ3) is 2.03. The van der Waals surface area contributed by atoms with Crippen LogP contribution in [0.2, 0.25) is 0 Å². The van der Waals surface area contributed by atoms with Gasteiger partial charge in [-0.3, -0.25) is 4.79 Å². The van der Waals surface area contributed by atoms with E-state index in [1.54, 1.807) is 0 Å². The van der Waals surface area contributed by atoms with Crippen molar-refractivity contribution in [3.63, 3.8) is 0 Å². The lowest BCUT2D eigenvalue weighted by Crippen LogP contribution is -2.41. The van der Waals surface area contributed by atoms with Crippen molar-refractivity contribution in [3.8, 4) is 0 Å². The number of nitrogens with two attached hydrogens (primary N) is 1. The van der Waals surface area contributed by atoms with Gasteiger partial charge in [0.2, 0.25) is 0 Å². The fraction of sp³-hybridized carbons (Fsp3) is 0.900. The average Bonchev–Trinajstić information content (AvgIpc) is 2.60. The van der Waals surface area contributed by atoms with Crippen molar-refractivity contribution >= 4 is 5.91 Å². The Balaban J connectivity index is 2.04. The van der Waals surface area contributed by atoms with Crippen molar-refractivity contribution < 1.29 is 18.0 Å². The number of halogens is 3. The van der Waals surface area contributed by atoms with Crippen LogP contribution in [0.4, 0.5) is 13.2 Å². The standard InChI is InChI=1S/C10H15F3N2O/c11-10(12,13)9(16)15-4-6-2-1-3-8(14)7(6)5-15/h6-8H,1-5,14H2. The summed E-state index contributed by atoms with van der Waals surface area (Å²) in [6.07, 6.45) is -2.05. The molecule has 2 N–H and O–H groups in total. The molecule has 3 nitrogen and oxygen atoms in total. The predicted molar refractivity (Wildman–Crippen MR) is 51.4 cm³/mol. The molecule has 0 aromatic carbocycles. The molecule has 1 aliphatic heterocycles. The van der Waals surface area contributed by atoms with Crippen molar-refractivity contribution in [2.45, 2.75) is 31.5 Å². The zero-order chi connectivity index (χ0) is 11.9. The van der Waals surface area contributed by atoms with E-state index in [9.17, 15) is 18.0 Å². The molecule has 2 fully saturated rings. The van der Waals surface area contributed by atoms with Crippen molar-refractivity contribution in [3.05, 3.63) is 0 Å². The van der Waals surface area contributed by atoms with Gasteiger partial charge < -0.3 is 10.6 Å². The molecular weight excluding hydrogens is 221 g/mol. The molecule has 1 saturated carbocycles. The van der Waals surface area contributed by atoms with E-state index < -0.39 is 12.1 Å². The molecule has 3 atom stereocenters. The Morgan fingerprint density at radius 1 is 1.25 bits per heavy atom. The second-order valence-electron chi connectivity index (χ2n) is 4.73. The maximum atomic E-state index is 12.3. The van der Waals surface area contributed by atoms with Gasteiger partial charge in [-0.15, -0.1) is 0 Å². The molecule has 0 radical (unpaired) electrons. The number of carbonyl (C=O) groups is 1. The van der Waals surface area contributed by atoms with E-state index >= 15 is 0 Å². The number of hydrogen-bond acceptors (Lipinski definition) is 2. The number of hydrogen-bond donors (Lipinski definition) is 1. The molecule has 2 rings (SSSR count). The Morgan fingerprint density at radius 3 is 2.50 bits per heavy atom. The van der Waals surface area contributed by atoms with Crippen LogP contribution in [0, 0.1) is 11.8 Å². The molecule has 0 bridgehead atoms. The number of likely N-dealkylation sites (tertiary alicyclic amines) is 1. The largest absolute Gasteiger partial charge is 0.471 e. The summed E-state index contributed by atoms with van der Waals surface area (Å²) in [6.45, 7) is 0.390. The molecule has 2 aliphatic rings. The van der Waals surface area contributed by atoms with E-state index in [1.807, 2.05) is 0 Å². The van der Waals surface area contributed by atoms with Gasteiger partial charge in [0.15, 0.2) is 0 Å². The second-order valence-corrected chi connectivity index (χ2v) is 4.73. The number of amides is 1. The Hall–Kier alpha value is -0.780. The number of fused-ring (bicyclic) bond motifs is 1. The summed E-state index contributed by atoms with van der Waals surface area (Å²) < 4.78 is 36.8. The first kappa shape index (κ1) is 11.7. The Kier molecular flexibility index (Phi) is 2.86. The van der Waals surface area contributed by atoms with E-state index in [0.29, 0.717) is 0 Å². The minimum Gasteiger partial charge on any atom is -0.334 e. The molecule has 1 heterocycles. The molecule has 0 aromatic rings. The molecular formula is C10H15F3N2O. The lowest BCUT2D eigenvalue weighted by molar-refractivity contribution is -0.184.